The van der Waals surface area contributed by atoms with Gasteiger partial charge in [-0.25, -0.2) is 4.79 Å². The zero-order valence-corrected chi connectivity index (χ0v) is 16.2. The molecule has 3 rings (SSSR count). The van der Waals surface area contributed by atoms with Crippen molar-refractivity contribution < 1.29 is 14.3 Å². The Balaban J connectivity index is 1.52. The van der Waals surface area contributed by atoms with Crippen molar-refractivity contribution in [3.8, 4) is 0 Å². The van der Waals surface area contributed by atoms with Crippen LogP contribution in [0.3, 0.4) is 0 Å². The van der Waals surface area contributed by atoms with E-state index in [1.54, 1.807) is 4.90 Å². The van der Waals surface area contributed by atoms with E-state index in [1.165, 1.54) is 32.1 Å². The van der Waals surface area contributed by atoms with Crippen molar-refractivity contribution in [3.05, 3.63) is 0 Å². The van der Waals surface area contributed by atoms with Crippen LogP contribution in [0.25, 0.3) is 0 Å². The first-order chi connectivity index (χ1) is 11.8. The van der Waals surface area contributed by atoms with Crippen molar-refractivity contribution in [2.75, 3.05) is 26.2 Å². The van der Waals surface area contributed by atoms with Crippen molar-refractivity contribution in [1.29, 1.82) is 0 Å². The zero-order valence-electron chi connectivity index (χ0n) is 16.2. The normalized spacial score (nSPS) is 24.8. The summed E-state index contributed by atoms with van der Waals surface area (Å²) in [5, 5.41) is 0. The molecule has 0 unspecified atom stereocenters. The fourth-order valence-electron chi connectivity index (χ4n) is 4.66. The molecule has 3 fully saturated rings. The quantitative estimate of drug-likeness (QED) is 0.761. The third-order valence-corrected chi connectivity index (χ3v) is 6.18. The number of hydrogen-bond donors (Lipinski definition) is 0. The van der Waals surface area contributed by atoms with Gasteiger partial charge in [-0.3, -0.25) is 4.79 Å². The minimum Gasteiger partial charge on any atom is -0.444 e. The molecule has 1 saturated carbocycles. The standard InChI is InChI=1S/C20H34N2O3/c1-19(2,3)25-18(24)21-12-9-20(10-13-21)11-14-22(17(20)23)15-16-7-5-4-6-8-16/h16H,4-15H2,1-3H3. The molecule has 0 aromatic heterocycles. The first-order valence-electron chi connectivity index (χ1n) is 10.1. The van der Waals surface area contributed by atoms with Gasteiger partial charge in [0, 0.05) is 26.2 Å². The highest BCUT2D eigenvalue weighted by molar-refractivity contribution is 5.85. The van der Waals surface area contributed by atoms with Gasteiger partial charge in [0.1, 0.15) is 5.60 Å². The maximum absolute atomic E-state index is 13.1. The number of likely N-dealkylation sites (tertiary alicyclic amines) is 2. The number of carbonyl (C=O) groups excluding carboxylic acids is 2. The fraction of sp³-hybridized carbons (Fsp3) is 0.900. The minimum absolute atomic E-state index is 0.215. The smallest absolute Gasteiger partial charge is 0.410 e. The molecule has 0 atom stereocenters. The van der Waals surface area contributed by atoms with Gasteiger partial charge in [-0.1, -0.05) is 19.3 Å². The number of piperidine rings is 1. The first kappa shape index (κ1) is 18.5. The van der Waals surface area contributed by atoms with Crippen molar-refractivity contribution in [2.24, 2.45) is 11.3 Å². The van der Waals surface area contributed by atoms with Gasteiger partial charge >= 0.3 is 6.09 Å². The van der Waals surface area contributed by atoms with Gasteiger partial charge in [-0.05, 0) is 58.8 Å². The van der Waals surface area contributed by atoms with E-state index >= 15 is 0 Å². The van der Waals surface area contributed by atoms with Crippen LogP contribution in [0, 0.1) is 11.3 Å². The molecule has 5 nitrogen and oxygen atoms in total. The van der Waals surface area contributed by atoms with Crippen molar-refractivity contribution >= 4 is 12.0 Å². The molecule has 2 heterocycles. The molecule has 0 aromatic rings. The van der Waals surface area contributed by atoms with Crippen LogP contribution in [0.15, 0.2) is 0 Å². The number of rotatable bonds is 2. The minimum atomic E-state index is -0.466. The molecule has 0 bridgehead atoms. The topological polar surface area (TPSA) is 49.9 Å². The Morgan fingerprint density at radius 2 is 1.68 bits per heavy atom. The summed E-state index contributed by atoms with van der Waals surface area (Å²) >= 11 is 0. The number of carbonyl (C=O) groups is 2. The molecule has 0 radical (unpaired) electrons. The van der Waals surface area contributed by atoms with Crippen LogP contribution in [0.2, 0.25) is 0 Å². The molecule has 2 saturated heterocycles. The Bertz CT molecular complexity index is 498. The third kappa shape index (κ3) is 4.29. The second-order valence-corrected chi connectivity index (χ2v) is 9.25. The van der Waals surface area contributed by atoms with Crippen LogP contribution in [0.5, 0.6) is 0 Å². The summed E-state index contributed by atoms with van der Waals surface area (Å²) in [6.45, 7) is 8.80. The molecular formula is C20H34N2O3. The molecule has 3 aliphatic rings. The number of amides is 2. The lowest BCUT2D eigenvalue weighted by atomic mass is 9.77. The monoisotopic (exact) mass is 350 g/mol. The van der Waals surface area contributed by atoms with Crippen LogP contribution < -0.4 is 0 Å². The number of nitrogens with zero attached hydrogens (tertiary/aromatic N) is 2. The largest absolute Gasteiger partial charge is 0.444 e. The van der Waals surface area contributed by atoms with E-state index in [0.29, 0.717) is 24.9 Å². The maximum atomic E-state index is 13.1. The average molecular weight is 351 g/mol. The highest BCUT2D eigenvalue weighted by Crippen LogP contribution is 2.42. The van der Waals surface area contributed by atoms with Crippen LogP contribution in [-0.2, 0) is 9.53 Å². The van der Waals surface area contributed by atoms with Crippen molar-refractivity contribution in [3.63, 3.8) is 0 Å². The van der Waals surface area contributed by atoms with Gasteiger partial charge < -0.3 is 14.5 Å². The molecule has 25 heavy (non-hydrogen) atoms. The zero-order chi connectivity index (χ0) is 18.1. The SMILES string of the molecule is CC(C)(C)OC(=O)N1CCC2(CC1)CCN(CC1CCCCC1)C2=O. The van der Waals surface area contributed by atoms with E-state index in [9.17, 15) is 9.59 Å². The lowest BCUT2D eigenvalue weighted by molar-refractivity contribution is -0.139. The molecule has 0 N–H and O–H groups in total. The summed E-state index contributed by atoms with van der Waals surface area (Å²) in [5.41, 5.74) is -0.681. The van der Waals surface area contributed by atoms with Gasteiger partial charge in [0.05, 0.1) is 5.41 Å². The highest BCUT2D eigenvalue weighted by atomic mass is 16.6. The predicted octanol–water partition coefficient (Wildman–Crippen LogP) is 3.82. The van der Waals surface area contributed by atoms with Gasteiger partial charge in [0.15, 0.2) is 0 Å². The summed E-state index contributed by atoms with van der Waals surface area (Å²) in [6, 6.07) is 0. The van der Waals surface area contributed by atoms with Crippen LogP contribution >= 0.6 is 0 Å². The third-order valence-electron chi connectivity index (χ3n) is 6.18. The molecule has 1 aliphatic carbocycles. The lowest BCUT2D eigenvalue weighted by Gasteiger charge is -2.38. The van der Waals surface area contributed by atoms with Crippen molar-refractivity contribution in [2.45, 2.75) is 77.7 Å². The Kier molecular flexibility index (Phi) is 5.31. The molecule has 0 aromatic carbocycles. The summed E-state index contributed by atoms with van der Waals surface area (Å²) in [6.07, 6.45) is 8.85. The molecule has 2 aliphatic heterocycles. The lowest BCUT2D eigenvalue weighted by Crippen LogP contribution is -2.48. The van der Waals surface area contributed by atoms with E-state index in [-0.39, 0.29) is 11.5 Å². The maximum Gasteiger partial charge on any atom is 0.410 e. The molecule has 2 amide bonds. The molecule has 5 heteroatoms. The Labute approximate surface area is 152 Å². The van der Waals surface area contributed by atoms with E-state index in [1.807, 2.05) is 20.8 Å². The van der Waals surface area contributed by atoms with Crippen LogP contribution in [0.1, 0.15) is 72.1 Å². The number of hydrogen-bond acceptors (Lipinski definition) is 3. The summed E-state index contributed by atoms with van der Waals surface area (Å²) < 4.78 is 5.47. The molecular weight excluding hydrogens is 316 g/mol. The Morgan fingerprint density at radius 3 is 2.28 bits per heavy atom. The number of ether oxygens (including phenoxy) is 1. The predicted molar refractivity (Wildman–Crippen MR) is 97.2 cm³/mol. The van der Waals surface area contributed by atoms with Crippen LogP contribution in [-0.4, -0.2) is 53.6 Å². The average Bonchev–Trinajstić information content (AvgIpc) is 2.85. The summed E-state index contributed by atoms with van der Waals surface area (Å²) in [4.78, 5) is 29.2. The fourth-order valence-corrected chi connectivity index (χ4v) is 4.66. The van der Waals surface area contributed by atoms with Gasteiger partial charge in [0.25, 0.3) is 0 Å². The molecule has 142 valence electrons. The summed E-state index contributed by atoms with van der Waals surface area (Å²) in [5.74, 6) is 1.05. The van der Waals surface area contributed by atoms with Crippen molar-refractivity contribution in [1.82, 2.24) is 9.80 Å². The van der Waals surface area contributed by atoms with E-state index in [0.717, 1.165) is 32.4 Å². The second kappa shape index (κ2) is 7.16. The van der Waals surface area contributed by atoms with Gasteiger partial charge in [-0.2, -0.15) is 0 Å². The van der Waals surface area contributed by atoms with Gasteiger partial charge in [0.2, 0.25) is 5.91 Å². The first-order valence-corrected chi connectivity index (χ1v) is 10.1. The van der Waals surface area contributed by atoms with Crippen LogP contribution in [0.4, 0.5) is 4.79 Å². The van der Waals surface area contributed by atoms with E-state index in [4.69, 9.17) is 4.74 Å². The van der Waals surface area contributed by atoms with Gasteiger partial charge in [-0.15, -0.1) is 0 Å². The second-order valence-electron chi connectivity index (χ2n) is 9.25. The van der Waals surface area contributed by atoms with E-state index in [2.05, 4.69) is 4.90 Å². The Hall–Kier alpha value is -1.26. The Morgan fingerprint density at radius 1 is 1.08 bits per heavy atom. The van der Waals surface area contributed by atoms with E-state index < -0.39 is 5.60 Å². The highest BCUT2D eigenvalue weighted by Gasteiger charge is 2.49. The summed E-state index contributed by atoms with van der Waals surface area (Å²) in [7, 11) is 0. The molecule has 1 spiro atoms.